The molecular formula is C15H14Br2N2. The van der Waals surface area contributed by atoms with Gasteiger partial charge < -0.3 is 5.32 Å². The van der Waals surface area contributed by atoms with E-state index in [9.17, 15) is 0 Å². The lowest BCUT2D eigenvalue weighted by molar-refractivity contribution is 0.274. The highest BCUT2D eigenvalue weighted by molar-refractivity contribution is 9.10. The number of hydrogen-bond donors (Lipinski definition) is 1. The molecule has 1 N–H and O–H groups in total. The first kappa shape index (κ1) is 13.3. The maximum Gasteiger partial charge on any atom is 0.0410 e. The van der Waals surface area contributed by atoms with Crippen LogP contribution in [0.5, 0.6) is 0 Å². The van der Waals surface area contributed by atoms with Gasteiger partial charge in [-0.25, -0.2) is 0 Å². The second kappa shape index (κ2) is 5.35. The first-order valence-corrected chi connectivity index (χ1v) is 7.83. The number of nitrogens with one attached hydrogen (secondary N) is 1. The molecule has 2 nitrogen and oxygen atoms in total. The highest BCUT2D eigenvalue weighted by Gasteiger charge is 2.38. The number of rotatable bonds is 3. The first-order valence-electron chi connectivity index (χ1n) is 6.24. The summed E-state index contributed by atoms with van der Waals surface area (Å²) in [5, 5.41) is 3.41. The van der Waals surface area contributed by atoms with Crippen LogP contribution in [0.2, 0.25) is 0 Å². The van der Waals surface area contributed by atoms with E-state index >= 15 is 0 Å². The summed E-state index contributed by atoms with van der Waals surface area (Å²) in [6.07, 6.45) is 4.81. The van der Waals surface area contributed by atoms with Crippen molar-refractivity contribution in [1.29, 1.82) is 0 Å². The van der Waals surface area contributed by atoms with Gasteiger partial charge in [-0.05, 0) is 51.7 Å². The predicted molar refractivity (Wildman–Crippen MR) is 84.3 cm³/mol. The van der Waals surface area contributed by atoms with Crippen LogP contribution in [0, 0.1) is 0 Å². The Morgan fingerprint density at radius 2 is 1.95 bits per heavy atom. The largest absolute Gasteiger partial charge is 0.315 e. The summed E-state index contributed by atoms with van der Waals surface area (Å²) in [5.74, 6) is 0. The van der Waals surface area contributed by atoms with Gasteiger partial charge in [-0.3, -0.25) is 4.98 Å². The number of benzene rings is 1. The van der Waals surface area contributed by atoms with Crippen LogP contribution in [0.25, 0.3) is 0 Å². The van der Waals surface area contributed by atoms with Gasteiger partial charge in [0.25, 0.3) is 0 Å². The molecule has 98 valence electrons. The summed E-state index contributed by atoms with van der Waals surface area (Å²) in [4.78, 5) is 4.26. The Morgan fingerprint density at radius 1 is 1.11 bits per heavy atom. The van der Waals surface area contributed by atoms with Gasteiger partial charge >= 0.3 is 0 Å². The molecule has 0 saturated carbocycles. The van der Waals surface area contributed by atoms with E-state index in [0.717, 1.165) is 28.5 Å². The minimum Gasteiger partial charge on any atom is -0.315 e. The summed E-state index contributed by atoms with van der Waals surface area (Å²) in [7, 11) is 0. The zero-order chi connectivity index (χ0) is 13.3. The van der Waals surface area contributed by atoms with Crippen LogP contribution in [0.15, 0.2) is 51.7 Å². The second-order valence-electron chi connectivity index (χ2n) is 5.08. The topological polar surface area (TPSA) is 24.9 Å². The van der Waals surface area contributed by atoms with Gasteiger partial charge in [0.1, 0.15) is 0 Å². The molecule has 0 unspecified atom stereocenters. The minimum atomic E-state index is 0.201. The molecule has 3 rings (SSSR count). The van der Waals surface area contributed by atoms with Crippen molar-refractivity contribution in [3.05, 3.63) is 62.8 Å². The molecule has 1 aliphatic heterocycles. The van der Waals surface area contributed by atoms with E-state index < -0.39 is 0 Å². The summed E-state index contributed by atoms with van der Waals surface area (Å²) >= 11 is 7.06. The molecule has 1 saturated heterocycles. The Balaban J connectivity index is 1.91. The first-order chi connectivity index (χ1) is 9.18. The van der Waals surface area contributed by atoms with Crippen molar-refractivity contribution in [3.63, 3.8) is 0 Å². The Morgan fingerprint density at radius 3 is 2.58 bits per heavy atom. The quantitative estimate of drug-likeness (QED) is 0.876. The van der Waals surface area contributed by atoms with E-state index in [4.69, 9.17) is 0 Å². The normalized spacial score (nSPS) is 16.9. The van der Waals surface area contributed by atoms with Gasteiger partial charge in [0.2, 0.25) is 0 Å². The third kappa shape index (κ3) is 2.76. The fraction of sp³-hybridized carbons (Fsp3) is 0.267. The van der Waals surface area contributed by atoms with Gasteiger partial charge in [0.05, 0.1) is 0 Å². The molecule has 4 heteroatoms. The van der Waals surface area contributed by atoms with E-state index in [0.29, 0.717) is 0 Å². The van der Waals surface area contributed by atoms with Crippen molar-refractivity contribution in [3.8, 4) is 0 Å². The summed E-state index contributed by atoms with van der Waals surface area (Å²) in [6, 6.07) is 10.8. The van der Waals surface area contributed by atoms with Gasteiger partial charge in [-0.15, -0.1) is 0 Å². The molecule has 0 amide bonds. The van der Waals surface area contributed by atoms with Gasteiger partial charge in [0.15, 0.2) is 0 Å². The molecule has 0 spiro atoms. The van der Waals surface area contributed by atoms with Crippen molar-refractivity contribution < 1.29 is 0 Å². The summed E-state index contributed by atoms with van der Waals surface area (Å²) < 4.78 is 2.19. The summed E-state index contributed by atoms with van der Waals surface area (Å²) in [5.41, 5.74) is 2.86. The third-order valence-electron chi connectivity index (χ3n) is 3.67. The van der Waals surface area contributed by atoms with Crippen LogP contribution in [0.1, 0.15) is 11.1 Å². The second-order valence-corrected chi connectivity index (χ2v) is 6.91. The average molecular weight is 382 g/mol. The fourth-order valence-corrected chi connectivity index (χ4v) is 3.43. The molecule has 0 aliphatic carbocycles. The van der Waals surface area contributed by atoms with E-state index in [1.807, 2.05) is 12.4 Å². The number of halogens is 2. The molecule has 0 atom stereocenters. The van der Waals surface area contributed by atoms with Crippen LogP contribution in [-0.2, 0) is 11.8 Å². The molecule has 2 aromatic rings. The number of aromatic nitrogens is 1. The molecule has 1 aromatic heterocycles. The van der Waals surface area contributed by atoms with Gasteiger partial charge in [-0.2, -0.15) is 0 Å². The van der Waals surface area contributed by atoms with Crippen molar-refractivity contribution >= 4 is 31.9 Å². The predicted octanol–water partition coefficient (Wildman–Crippen LogP) is 3.69. The molecule has 1 fully saturated rings. The Kier molecular flexibility index (Phi) is 3.74. The zero-order valence-corrected chi connectivity index (χ0v) is 13.5. The van der Waals surface area contributed by atoms with Crippen molar-refractivity contribution in [2.75, 3.05) is 13.1 Å². The van der Waals surface area contributed by atoms with E-state index in [1.54, 1.807) is 0 Å². The molecule has 2 heterocycles. The standard InChI is InChI=1S/C15H14Br2N2/c16-13-3-1-2-12(5-13)15(9-19-10-15)6-11-4-14(17)8-18-7-11/h1-5,7-8,19H,6,9-10H2. The lowest BCUT2D eigenvalue weighted by Gasteiger charge is -2.43. The Hall–Kier alpha value is -0.710. The molecule has 1 aliphatic rings. The Bertz CT molecular complexity index is 594. The lowest BCUT2D eigenvalue weighted by atomic mass is 9.71. The smallest absolute Gasteiger partial charge is 0.0410 e. The molecular weight excluding hydrogens is 368 g/mol. The van der Waals surface area contributed by atoms with Gasteiger partial charge in [-0.1, -0.05) is 28.1 Å². The van der Waals surface area contributed by atoms with Crippen LogP contribution >= 0.6 is 31.9 Å². The minimum absolute atomic E-state index is 0.201. The lowest BCUT2D eigenvalue weighted by Crippen LogP contribution is -2.58. The van der Waals surface area contributed by atoms with Crippen LogP contribution < -0.4 is 5.32 Å². The highest BCUT2D eigenvalue weighted by Crippen LogP contribution is 2.34. The average Bonchev–Trinajstić information content (AvgIpc) is 2.34. The number of hydrogen-bond acceptors (Lipinski definition) is 2. The summed E-state index contributed by atoms with van der Waals surface area (Å²) in [6.45, 7) is 2.05. The molecule has 0 radical (unpaired) electrons. The van der Waals surface area contributed by atoms with Gasteiger partial charge in [0, 0.05) is 39.8 Å². The maximum atomic E-state index is 4.26. The van der Waals surface area contributed by atoms with E-state index in [-0.39, 0.29) is 5.41 Å². The van der Waals surface area contributed by atoms with Crippen molar-refractivity contribution in [1.82, 2.24) is 10.3 Å². The number of nitrogens with zero attached hydrogens (tertiary/aromatic N) is 1. The van der Waals surface area contributed by atoms with E-state index in [2.05, 4.69) is 72.5 Å². The van der Waals surface area contributed by atoms with Crippen molar-refractivity contribution in [2.24, 2.45) is 0 Å². The van der Waals surface area contributed by atoms with Crippen LogP contribution in [-0.4, -0.2) is 18.1 Å². The Labute approximate surface area is 129 Å². The van der Waals surface area contributed by atoms with Crippen LogP contribution in [0.4, 0.5) is 0 Å². The maximum absolute atomic E-state index is 4.26. The zero-order valence-electron chi connectivity index (χ0n) is 10.4. The molecule has 19 heavy (non-hydrogen) atoms. The van der Waals surface area contributed by atoms with E-state index in [1.165, 1.54) is 11.1 Å². The third-order valence-corrected chi connectivity index (χ3v) is 4.59. The monoisotopic (exact) mass is 380 g/mol. The number of pyridine rings is 1. The highest BCUT2D eigenvalue weighted by atomic mass is 79.9. The molecule has 0 bridgehead atoms. The fourth-order valence-electron chi connectivity index (χ4n) is 2.62. The van der Waals surface area contributed by atoms with Crippen molar-refractivity contribution in [2.45, 2.75) is 11.8 Å². The SMILES string of the molecule is Brc1cncc(CC2(c3cccc(Br)c3)CNC2)c1. The van der Waals surface area contributed by atoms with Crippen LogP contribution in [0.3, 0.4) is 0 Å². The molecule has 1 aromatic carbocycles.